The van der Waals surface area contributed by atoms with Gasteiger partial charge in [-0.25, -0.2) is 0 Å². The fourth-order valence-electron chi connectivity index (χ4n) is 3.40. The summed E-state index contributed by atoms with van der Waals surface area (Å²) in [6.07, 6.45) is 0.947. The zero-order valence-corrected chi connectivity index (χ0v) is 15.7. The van der Waals surface area contributed by atoms with Crippen molar-refractivity contribution in [3.8, 4) is 28.6 Å². The molecule has 8 heteroatoms. The van der Waals surface area contributed by atoms with Crippen LogP contribution >= 0.6 is 12.2 Å². The zero-order chi connectivity index (χ0) is 19.3. The number of amides is 1. The first-order chi connectivity index (χ1) is 12.9. The average Bonchev–Trinajstić information content (AvgIpc) is 3.15. The van der Waals surface area contributed by atoms with Crippen molar-refractivity contribution in [3.63, 3.8) is 0 Å². The first-order valence-electron chi connectivity index (χ1n) is 8.53. The van der Waals surface area contributed by atoms with Gasteiger partial charge in [-0.1, -0.05) is 6.92 Å². The second-order valence-corrected chi connectivity index (χ2v) is 6.87. The van der Waals surface area contributed by atoms with Gasteiger partial charge in [0.1, 0.15) is 11.5 Å². The van der Waals surface area contributed by atoms with Gasteiger partial charge in [-0.05, 0) is 54.0 Å². The number of H-pyrrole nitrogens is 1. The Labute approximate surface area is 160 Å². The third-order valence-electron chi connectivity index (χ3n) is 4.89. The Morgan fingerprint density at radius 2 is 2.00 bits per heavy atom. The number of aryl methyl sites for hydroxylation is 1. The highest BCUT2D eigenvalue weighted by atomic mass is 32.1. The fourth-order valence-corrected chi connectivity index (χ4v) is 3.63. The number of rotatable bonds is 3. The van der Waals surface area contributed by atoms with Crippen molar-refractivity contribution in [2.24, 2.45) is 0 Å². The minimum atomic E-state index is -0.0870. The predicted molar refractivity (Wildman–Crippen MR) is 104 cm³/mol. The van der Waals surface area contributed by atoms with E-state index in [9.17, 15) is 15.0 Å². The van der Waals surface area contributed by atoms with Crippen LogP contribution in [0.3, 0.4) is 0 Å². The number of nitrogens with one attached hydrogen (secondary N) is 1. The molecule has 2 heterocycles. The van der Waals surface area contributed by atoms with Crippen LogP contribution in [0.1, 0.15) is 18.1 Å². The van der Waals surface area contributed by atoms with Crippen LogP contribution in [0.25, 0.3) is 17.1 Å². The van der Waals surface area contributed by atoms with Crippen LogP contribution in [0, 0.1) is 4.77 Å². The number of anilines is 1. The summed E-state index contributed by atoms with van der Waals surface area (Å²) in [4.78, 5) is 13.6. The molecule has 0 saturated carbocycles. The zero-order valence-electron chi connectivity index (χ0n) is 14.9. The van der Waals surface area contributed by atoms with Gasteiger partial charge in [0.2, 0.25) is 5.91 Å². The molecule has 27 heavy (non-hydrogen) atoms. The summed E-state index contributed by atoms with van der Waals surface area (Å²) in [6.45, 7) is 1.92. The Kier molecular flexibility index (Phi) is 4.00. The molecule has 4 rings (SSSR count). The van der Waals surface area contributed by atoms with Crippen molar-refractivity contribution in [2.75, 3.05) is 11.9 Å². The number of fused-ring (bicyclic) bond motifs is 1. The molecule has 0 atom stereocenters. The fraction of sp³-hybridized carbons (Fsp3) is 0.211. The Morgan fingerprint density at radius 1 is 1.22 bits per heavy atom. The number of aromatic amines is 1. The maximum atomic E-state index is 12.0. The Bertz CT molecular complexity index is 1130. The molecule has 2 aromatic carbocycles. The third-order valence-corrected chi connectivity index (χ3v) is 5.16. The minimum Gasteiger partial charge on any atom is -0.508 e. The van der Waals surface area contributed by atoms with Gasteiger partial charge in [0.25, 0.3) is 0 Å². The van der Waals surface area contributed by atoms with E-state index in [1.165, 1.54) is 6.07 Å². The van der Waals surface area contributed by atoms with E-state index in [1.54, 1.807) is 22.6 Å². The number of nitrogens with zero attached hydrogens (tertiary/aromatic N) is 3. The van der Waals surface area contributed by atoms with Crippen molar-refractivity contribution >= 4 is 23.8 Å². The molecule has 138 valence electrons. The van der Waals surface area contributed by atoms with Gasteiger partial charge in [0, 0.05) is 18.8 Å². The molecule has 1 amide bonds. The van der Waals surface area contributed by atoms with Gasteiger partial charge in [-0.3, -0.25) is 14.5 Å². The summed E-state index contributed by atoms with van der Waals surface area (Å²) < 4.78 is 2.08. The van der Waals surface area contributed by atoms with Crippen LogP contribution < -0.4 is 4.90 Å². The lowest BCUT2D eigenvalue weighted by Gasteiger charge is -2.13. The number of hydrogen-bond acceptors (Lipinski definition) is 5. The molecule has 1 aromatic heterocycles. The maximum absolute atomic E-state index is 12.0. The lowest BCUT2D eigenvalue weighted by Crippen LogP contribution is -2.20. The van der Waals surface area contributed by atoms with Crippen LogP contribution in [-0.2, 0) is 17.6 Å². The molecule has 0 saturated heterocycles. The number of carbonyl (C=O) groups is 1. The van der Waals surface area contributed by atoms with E-state index in [2.05, 4.69) is 10.2 Å². The van der Waals surface area contributed by atoms with Crippen molar-refractivity contribution in [3.05, 3.63) is 46.2 Å². The van der Waals surface area contributed by atoms with Gasteiger partial charge in [0.05, 0.1) is 17.7 Å². The van der Waals surface area contributed by atoms with Crippen molar-refractivity contribution in [2.45, 2.75) is 19.8 Å². The van der Waals surface area contributed by atoms with Gasteiger partial charge < -0.3 is 15.1 Å². The Morgan fingerprint density at radius 3 is 2.74 bits per heavy atom. The van der Waals surface area contributed by atoms with E-state index >= 15 is 0 Å². The van der Waals surface area contributed by atoms with E-state index in [4.69, 9.17) is 12.2 Å². The monoisotopic (exact) mass is 382 g/mol. The van der Waals surface area contributed by atoms with Crippen LogP contribution in [-0.4, -0.2) is 37.9 Å². The molecule has 0 bridgehead atoms. The van der Waals surface area contributed by atoms with E-state index in [0.29, 0.717) is 34.6 Å². The second kappa shape index (κ2) is 6.24. The average molecular weight is 382 g/mol. The maximum Gasteiger partial charge on any atom is 0.231 e. The number of aromatic hydroxyl groups is 2. The normalized spacial score (nSPS) is 13.3. The minimum absolute atomic E-state index is 0.0403. The molecule has 7 nitrogen and oxygen atoms in total. The van der Waals surface area contributed by atoms with Crippen LogP contribution in [0.2, 0.25) is 0 Å². The Hall–Kier alpha value is -3.13. The summed E-state index contributed by atoms with van der Waals surface area (Å²) >= 11 is 5.40. The van der Waals surface area contributed by atoms with Crippen molar-refractivity contribution in [1.29, 1.82) is 0 Å². The number of hydrogen-bond donors (Lipinski definition) is 3. The third kappa shape index (κ3) is 2.69. The quantitative estimate of drug-likeness (QED) is 0.605. The number of aromatic nitrogens is 3. The Balaban J connectivity index is 1.89. The van der Waals surface area contributed by atoms with Crippen molar-refractivity contribution < 1.29 is 15.0 Å². The standard InChI is InChI=1S/C19H18N4O3S/c1-3-10-7-13(16(25)9-15(10)24)18-20-21-19(27)23(18)12-4-5-14-11(6-12)8-17(26)22(14)2/h4-7,9,24-25H,3,8H2,1-2H3,(H,21,27). The highest BCUT2D eigenvalue weighted by Gasteiger charge is 2.25. The molecule has 0 unspecified atom stereocenters. The smallest absolute Gasteiger partial charge is 0.231 e. The number of carbonyl (C=O) groups excluding carboxylic acids is 1. The molecular weight excluding hydrogens is 364 g/mol. The summed E-state index contributed by atoms with van der Waals surface area (Å²) in [5.74, 6) is 0.432. The van der Waals surface area contributed by atoms with Crippen molar-refractivity contribution in [1.82, 2.24) is 14.8 Å². The van der Waals surface area contributed by atoms with Gasteiger partial charge in [-0.15, -0.1) is 0 Å². The number of likely N-dealkylation sites (N-methyl/N-ethyl adjacent to an activating group) is 1. The van der Waals surface area contributed by atoms with Crippen LogP contribution in [0.15, 0.2) is 30.3 Å². The van der Waals surface area contributed by atoms with E-state index in [1.807, 2.05) is 25.1 Å². The summed E-state index contributed by atoms with van der Waals surface area (Å²) in [7, 11) is 1.75. The molecule has 3 N–H and O–H groups in total. The lowest BCUT2D eigenvalue weighted by atomic mass is 10.1. The van der Waals surface area contributed by atoms with E-state index in [-0.39, 0.29) is 17.4 Å². The number of benzene rings is 2. The molecule has 0 aliphatic carbocycles. The molecule has 3 aromatic rings. The van der Waals surface area contributed by atoms with Crippen LogP contribution in [0.4, 0.5) is 5.69 Å². The topological polar surface area (TPSA) is 94.4 Å². The first kappa shape index (κ1) is 17.3. The summed E-state index contributed by atoms with van der Waals surface area (Å²) in [6, 6.07) is 8.66. The van der Waals surface area contributed by atoms with Gasteiger partial charge in [-0.2, -0.15) is 5.10 Å². The summed E-state index contributed by atoms with van der Waals surface area (Å²) in [5, 5.41) is 27.4. The summed E-state index contributed by atoms with van der Waals surface area (Å²) in [5.41, 5.74) is 3.70. The molecule has 1 aliphatic rings. The molecule has 1 aliphatic heterocycles. The van der Waals surface area contributed by atoms with E-state index in [0.717, 1.165) is 16.9 Å². The second-order valence-electron chi connectivity index (χ2n) is 6.48. The number of phenolic OH excluding ortho intramolecular Hbond substituents is 2. The van der Waals surface area contributed by atoms with Gasteiger partial charge >= 0.3 is 0 Å². The molecule has 0 fully saturated rings. The highest BCUT2D eigenvalue weighted by molar-refractivity contribution is 7.71. The highest BCUT2D eigenvalue weighted by Crippen LogP contribution is 2.36. The first-order valence-corrected chi connectivity index (χ1v) is 8.94. The molecule has 0 spiro atoms. The van der Waals surface area contributed by atoms with Gasteiger partial charge in [0.15, 0.2) is 10.6 Å². The number of phenols is 2. The molecule has 0 radical (unpaired) electrons. The van der Waals surface area contributed by atoms with E-state index < -0.39 is 0 Å². The SMILES string of the molecule is CCc1cc(-c2n[nH]c(=S)n2-c2ccc3c(c2)CC(=O)N3C)c(O)cc1O. The lowest BCUT2D eigenvalue weighted by molar-refractivity contribution is -0.117. The largest absolute Gasteiger partial charge is 0.508 e. The molecular formula is C19H18N4O3S. The predicted octanol–water partition coefficient (Wildman–Crippen LogP) is 3.09. The van der Waals surface area contributed by atoms with Crippen LogP contribution in [0.5, 0.6) is 11.5 Å².